The first-order valence-electron chi connectivity index (χ1n) is 10.8. The van der Waals surface area contributed by atoms with Gasteiger partial charge in [-0.1, -0.05) is 42.5 Å². The highest BCUT2D eigenvalue weighted by atomic mass is 32.2. The van der Waals surface area contributed by atoms with Gasteiger partial charge in [-0.15, -0.1) is 0 Å². The molecule has 0 radical (unpaired) electrons. The van der Waals surface area contributed by atoms with E-state index in [2.05, 4.69) is 0 Å². The summed E-state index contributed by atoms with van der Waals surface area (Å²) in [4.78, 5) is -0.590. The molecule has 0 unspecified atom stereocenters. The van der Waals surface area contributed by atoms with Gasteiger partial charge in [-0.2, -0.15) is 13.2 Å². The van der Waals surface area contributed by atoms with Crippen molar-refractivity contribution >= 4 is 25.4 Å². The van der Waals surface area contributed by atoms with Crippen molar-refractivity contribution in [1.82, 2.24) is 4.31 Å². The number of halogens is 4. The van der Waals surface area contributed by atoms with Gasteiger partial charge in [0.2, 0.25) is 9.84 Å². The number of alkyl halides is 3. The molecule has 0 saturated heterocycles. The number of rotatable bonds is 6. The number of fused-ring (bicyclic) bond motifs is 1. The van der Waals surface area contributed by atoms with Crippen molar-refractivity contribution in [2.45, 2.75) is 42.0 Å². The van der Waals surface area contributed by atoms with Gasteiger partial charge in [0.15, 0.2) is 5.03 Å². The molecule has 0 spiro atoms. The lowest BCUT2D eigenvalue weighted by Gasteiger charge is -2.29. The third-order valence-corrected chi connectivity index (χ3v) is 9.49. The van der Waals surface area contributed by atoms with Crippen molar-refractivity contribution < 1.29 is 39.5 Å². The Balaban J connectivity index is 2.03. The van der Waals surface area contributed by atoms with Crippen LogP contribution in [0.2, 0.25) is 0 Å². The third kappa shape index (κ3) is 4.76. The van der Waals surface area contributed by atoms with E-state index in [0.717, 1.165) is 6.07 Å². The van der Waals surface area contributed by atoms with E-state index in [4.69, 9.17) is 0 Å². The van der Waals surface area contributed by atoms with E-state index in [-0.39, 0.29) is 26.5 Å². The molecule has 0 amide bonds. The molecule has 4 rings (SSSR count). The topological polar surface area (TPSA) is 91.8 Å². The van der Waals surface area contributed by atoms with Crippen LogP contribution in [0.3, 0.4) is 0 Å². The molecule has 0 atom stereocenters. The summed E-state index contributed by atoms with van der Waals surface area (Å²) in [7, 11) is -9.28. The zero-order chi connectivity index (χ0) is 27.4. The number of sulfone groups is 1. The molecule has 1 aliphatic heterocycles. The van der Waals surface area contributed by atoms with Crippen LogP contribution >= 0.6 is 0 Å². The van der Waals surface area contributed by atoms with Crippen LogP contribution in [-0.2, 0) is 32.6 Å². The molecule has 37 heavy (non-hydrogen) atoms. The molecule has 0 bridgehead atoms. The maximum atomic E-state index is 13.9. The average molecular weight is 556 g/mol. The molecule has 1 heterocycles. The fourth-order valence-electron chi connectivity index (χ4n) is 4.15. The molecule has 6 nitrogen and oxygen atoms in total. The number of aliphatic hydroxyl groups is 1. The average Bonchev–Trinajstić information content (AvgIpc) is 3.05. The predicted molar refractivity (Wildman–Crippen MR) is 127 cm³/mol. The SMILES string of the molecule is CC(C)(O)C1=C(N(Cc2ccc(F)c(C(F)(F)F)c2)S(=O)(=O)c2ccccc2)S(=O)(=O)c2ccccc21. The maximum absolute atomic E-state index is 13.9. The Labute approximate surface area is 211 Å². The largest absolute Gasteiger partial charge is 0.419 e. The van der Waals surface area contributed by atoms with E-state index in [9.17, 15) is 39.5 Å². The summed E-state index contributed by atoms with van der Waals surface area (Å²) >= 11 is 0. The fourth-order valence-corrected chi connectivity index (χ4v) is 8.01. The highest BCUT2D eigenvalue weighted by molar-refractivity contribution is 7.97. The summed E-state index contributed by atoms with van der Waals surface area (Å²) in [6.45, 7) is 1.66. The number of sulfonamides is 1. The first kappa shape index (κ1) is 26.8. The Kier molecular flexibility index (Phi) is 6.50. The molecule has 12 heteroatoms. The lowest BCUT2D eigenvalue weighted by Crippen LogP contribution is -2.35. The lowest BCUT2D eigenvalue weighted by atomic mass is 9.92. The van der Waals surface area contributed by atoms with Crippen molar-refractivity contribution in [1.29, 1.82) is 0 Å². The Morgan fingerprint density at radius 2 is 1.51 bits per heavy atom. The van der Waals surface area contributed by atoms with Gasteiger partial charge in [-0.05, 0) is 49.7 Å². The second-order valence-corrected chi connectivity index (χ2v) is 12.6. The fraction of sp³-hybridized carbons (Fsp3) is 0.200. The number of hydrogen-bond acceptors (Lipinski definition) is 5. The van der Waals surface area contributed by atoms with Crippen molar-refractivity contribution in [2.75, 3.05) is 0 Å². The van der Waals surface area contributed by atoms with E-state index in [1.807, 2.05) is 0 Å². The monoisotopic (exact) mass is 555 g/mol. The minimum absolute atomic E-state index is 0.0633. The van der Waals surface area contributed by atoms with Crippen LogP contribution in [0, 0.1) is 5.82 Å². The third-order valence-electron chi connectivity index (χ3n) is 5.75. The van der Waals surface area contributed by atoms with Crippen molar-refractivity contribution in [3.05, 3.63) is 100 Å². The molecular weight excluding hydrogens is 534 g/mol. The minimum atomic E-state index is -5.07. The normalized spacial score (nSPS) is 15.5. The van der Waals surface area contributed by atoms with Crippen LogP contribution in [0.4, 0.5) is 17.6 Å². The molecule has 3 aromatic rings. The Hall–Kier alpha value is -3.22. The van der Waals surface area contributed by atoms with Crippen LogP contribution in [0.25, 0.3) is 5.57 Å². The summed E-state index contributed by atoms with van der Waals surface area (Å²) in [5, 5.41) is 10.2. The molecule has 1 aliphatic rings. The number of nitrogens with zero attached hydrogens (tertiary/aromatic N) is 1. The van der Waals surface area contributed by atoms with Crippen LogP contribution in [-0.4, -0.2) is 31.8 Å². The van der Waals surface area contributed by atoms with Gasteiger partial charge in [0.05, 0.1) is 27.5 Å². The summed E-state index contributed by atoms with van der Waals surface area (Å²) in [6.07, 6.45) is -5.07. The maximum Gasteiger partial charge on any atom is 0.419 e. The second kappa shape index (κ2) is 8.96. The predicted octanol–water partition coefficient (Wildman–Crippen LogP) is 4.96. The zero-order valence-electron chi connectivity index (χ0n) is 19.5. The number of hydrogen-bond donors (Lipinski definition) is 1. The van der Waals surface area contributed by atoms with Gasteiger partial charge in [-0.25, -0.2) is 21.2 Å². The lowest BCUT2D eigenvalue weighted by molar-refractivity contribution is -0.140. The summed E-state index contributed by atoms with van der Waals surface area (Å²) in [6, 6.07) is 14.2. The molecular formula is C25H21F4NO5S2. The van der Waals surface area contributed by atoms with Gasteiger partial charge in [0, 0.05) is 11.1 Å². The van der Waals surface area contributed by atoms with Gasteiger partial charge >= 0.3 is 6.18 Å². The minimum Gasteiger partial charge on any atom is -0.386 e. The summed E-state index contributed by atoms with van der Waals surface area (Å²) in [5.41, 5.74) is -3.99. The molecule has 0 aliphatic carbocycles. The smallest absolute Gasteiger partial charge is 0.386 e. The van der Waals surface area contributed by atoms with E-state index in [1.165, 1.54) is 68.4 Å². The van der Waals surface area contributed by atoms with Crippen LogP contribution in [0.15, 0.2) is 87.6 Å². The molecule has 0 saturated carbocycles. The van der Waals surface area contributed by atoms with E-state index in [0.29, 0.717) is 16.4 Å². The van der Waals surface area contributed by atoms with Crippen LogP contribution < -0.4 is 0 Å². The van der Waals surface area contributed by atoms with Crippen molar-refractivity contribution in [3.63, 3.8) is 0 Å². The molecule has 0 aromatic heterocycles. The highest BCUT2D eigenvalue weighted by Gasteiger charge is 2.47. The molecule has 0 fully saturated rings. The van der Waals surface area contributed by atoms with E-state index in [1.54, 1.807) is 0 Å². The second-order valence-electron chi connectivity index (χ2n) is 8.88. The van der Waals surface area contributed by atoms with Gasteiger partial charge in [-0.3, -0.25) is 4.31 Å². The van der Waals surface area contributed by atoms with Gasteiger partial charge < -0.3 is 5.11 Å². The van der Waals surface area contributed by atoms with E-state index < -0.39 is 54.6 Å². The standard InChI is InChI=1S/C25H21F4NO5S2/c1-24(2,31)22-18-10-6-7-11-21(18)36(32,33)23(22)30(37(34,35)17-8-4-3-5-9-17)15-16-12-13-20(26)19(14-16)25(27,28)29/h3-14,31H,15H2,1-2H3. The van der Waals surface area contributed by atoms with Crippen LogP contribution in [0.5, 0.6) is 0 Å². The summed E-state index contributed by atoms with van der Waals surface area (Å²) < 4.78 is 110. The van der Waals surface area contributed by atoms with Crippen molar-refractivity contribution in [2.24, 2.45) is 0 Å². The van der Waals surface area contributed by atoms with E-state index >= 15 is 0 Å². The molecule has 196 valence electrons. The van der Waals surface area contributed by atoms with Gasteiger partial charge in [0.25, 0.3) is 10.0 Å². The quantitative estimate of drug-likeness (QED) is 0.434. The highest BCUT2D eigenvalue weighted by Crippen LogP contribution is 2.47. The number of benzene rings is 3. The molecule has 1 N–H and O–H groups in total. The first-order valence-corrected chi connectivity index (χ1v) is 13.7. The van der Waals surface area contributed by atoms with Crippen molar-refractivity contribution in [3.8, 4) is 0 Å². The Morgan fingerprint density at radius 3 is 2.11 bits per heavy atom. The Morgan fingerprint density at radius 1 is 0.919 bits per heavy atom. The van der Waals surface area contributed by atoms with Gasteiger partial charge in [0.1, 0.15) is 5.82 Å². The first-order chi connectivity index (χ1) is 17.1. The zero-order valence-corrected chi connectivity index (χ0v) is 21.1. The Bertz CT molecular complexity index is 1610. The molecule has 3 aromatic carbocycles. The van der Waals surface area contributed by atoms with Crippen LogP contribution in [0.1, 0.15) is 30.5 Å². The summed E-state index contributed by atoms with van der Waals surface area (Å²) in [5.74, 6) is -1.56.